The van der Waals surface area contributed by atoms with Crippen molar-refractivity contribution in [3.63, 3.8) is 0 Å². The summed E-state index contributed by atoms with van der Waals surface area (Å²) in [6, 6.07) is 9.20. The summed E-state index contributed by atoms with van der Waals surface area (Å²) in [7, 11) is 0. The van der Waals surface area contributed by atoms with Crippen LogP contribution in [0.25, 0.3) is 0 Å². The lowest BCUT2D eigenvalue weighted by atomic mass is 10.1. The maximum Gasteiger partial charge on any atom is 0.226 e. The van der Waals surface area contributed by atoms with Gasteiger partial charge in [0.1, 0.15) is 0 Å². The highest BCUT2D eigenvalue weighted by Crippen LogP contribution is 2.27. The van der Waals surface area contributed by atoms with Crippen LogP contribution in [0.5, 0.6) is 0 Å². The Labute approximate surface area is 159 Å². The number of nitrogens with zero attached hydrogens (tertiary/aromatic N) is 2. The Hall–Kier alpha value is -1.95. The zero-order chi connectivity index (χ0) is 17.6. The maximum atomic E-state index is 12.0. The lowest BCUT2D eigenvalue weighted by molar-refractivity contribution is -0.116. The van der Waals surface area contributed by atoms with E-state index in [1.807, 2.05) is 18.2 Å². The summed E-state index contributed by atoms with van der Waals surface area (Å²) in [5.41, 5.74) is 1.97. The molecule has 0 saturated heterocycles. The molecule has 2 heterocycles. The third-order valence-electron chi connectivity index (χ3n) is 3.54. The standard InChI is InChI=1S/C18H15Cl2N3OS/c19-14-4-5-16(20)13(8-14)9-15-11-22-18(25-15)23-17(24)6-3-12-2-1-7-21-10-12/h1-2,4-5,7-8,10-11H,3,6,9H2,(H,22,23,24). The third kappa shape index (κ3) is 5.26. The average Bonchev–Trinajstić information content (AvgIpc) is 3.04. The van der Waals surface area contributed by atoms with Crippen molar-refractivity contribution in [2.75, 3.05) is 5.32 Å². The van der Waals surface area contributed by atoms with Crippen LogP contribution < -0.4 is 5.32 Å². The Kier molecular flexibility index (Phi) is 6.02. The normalized spacial score (nSPS) is 10.6. The number of pyridine rings is 1. The van der Waals surface area contributed by atoms with Crippen molar-refractivity contribution in [3.05, 3.63) is 75.0 Å². The predicted molar refractivity (Wildman–Crippen MR) is 103 cm³/mol. The van der Waals surface area contributed by atoms with Crippen LogP contribution in [0.15, 0.2) is 48.9 Å². The minimum Gasteiger partial charge on any atom is -0.302 e. The van der Waals surface area contributed by atoms with Crippen molar-refractivity contribution in [1.82, 2.24) is 9.97 Å². The molecule has 3 aromatic rings. The fourth-order valence-corrected chi connectivity index (χ4v) is 3.53. The van der Waals surface area contributed by atoms with Gasteiger partial charge in [0, 0.05) is 46.4 Å². The minimum absolute atomic E-state index is 0.0643. The van der Waals surface area contributed by atoms with Gasteiger partial charge in [-0.05, 0) is 41.8 Å². The van der Waals surface area contributed by atoms with Gasteiger partial charge >= 0.3 is 0 Å². The van der Waals surface area contributed by atoms with Crippen LogP contribution in [0.1, 0.15) is 22.4 Å². The van der Waals surface area contributed by atoms with Crippen molar-refractivity contribution >= 4 is 45.6 Å². The number of hydrogen-bond acceptors (Lipinski definition) is 4. The monoisotopic (exact) mass is 391 g/mol. The molecular weight excluding hydrogens is 377 g/mol. The molecule has 128 valence electrons. The Morgan fingerprint density at radius 2 is 2.08 bits per heavy atom. The Balaban J connectivity index is 1.56. The molecule has 1 aromatic carbocycles. The molecule has 0 atom stereocenters. The van der Waals surface area contributed by atoms with Gasteiger partial charge in [0.05, 0.1) is 0 Å². The van der Waals surface area contributed by atoms with Crippen LogP contribution in [0.4, 0.5) is 5.13 Å². The topological polar surface area (TPSA) is 54.9 Å². The number of halogens is 2. The number of anilines is 1. The highest BCUT2D eigenvalue weighted by Gasteiger charge is 2.09. The number of carbonyl (C=O) groups is 1. The number of aromatic nitrogens is 2. The third-order valence-corrected chi connectivity index (χ3v) is 5.05. The van der Waals surface area contributed by atoms with Gasteiger partial charge in [0.2, 0.25) is 5.91 Å². The molecule has 0 saturated carbocycles. The molecule has 1 amide bonds. The van der Waals surface area contributed by atoms with Gasteiger partial charge in [-0.3, -0.25) is 9.78 Å². The molecule has 3 rings (SSSR count). The second-order valence-electron chi connectivity index (χ2n) is 5.45. The lowest BCUT2D eigenvalue weighted by Gasteiger charge is -2.03. The highest BCUT2D eigenvalue weighted by molar-refractivity contribution is 7.15. The van der Waals surface area contributed by atoms with Gasteiger partial charge in [-0.25, -0.2) is 4.98 Å². The first-order valence-corrected chi connectivity index (χ1v) is 9.25. The molecule has 0 radical (unpaired) electrons. The summed E-state index contributed by atoms with van der Waals surface area (Å²) in [4.78, 5) is 21.4. The smallest absolute Gasteiger partial charge is 0.226 e. The quantitative estimate of drug-likeness (QED) is 0.642. The predicted octanol–water partition coefficient (Wildman–Crippen LogP) is 5.01. The number of carbonyl (C=O) groups excluding carboxylic acids is 1. The van der Waals surface area contributed by atoms with E-state index in [1.165, 1.54) is 11.3 Å². The zero-order valence-electron chi connectivity index (χ0n) is 13.2. The summed E-state index contributed by atoms with van der Waals surface area (Å²) >= 11 is 13.6. The number of nitrogens with one attached hydrogen (secondary N) is 1. The van der Waals surface area contributed by atoms with Crippen molar-refractivity contribution in [1.29, 1.82) is 0 Å². The van der Waals surface area contributed by atoms with Crippen LogP contribution in [0, 0.1) is 0 Å². The van der Waals surface area contributed by atoms with Crippen molar-refractivity contribution < 1.29 is 4.79 Å². The van der Waals surface area contributed by atoms with Crippen LogP contribution in [0.3, 0.4) is 0 Å². The van der Waals surface area contributed by atoms with Crippen molar-refractivity contribution in [3.8, 4) is 0 Å². The second-order valence-corrected chi connectivity index (χ2v) is 7.41. The van der Waals surface area contributed by atoms with Crippen LogP contribution in [-0.2, 0) is 17.6 Å². The molecule has 0 aliphatic carbocycles. The number of amides is 1. The fraction of sp³-hybridized carbons (Fsp3) is 0.167. The van der Waals surface area contributed by atoms with E-state index in [0.29, 0.717) is 34.4 Å². The molecule has 0 aliphatic heterocycles. The summed E-state index contributed by atoms with van der Waals surface area (Å²) in [6.45, 7) is 0. The number of thiazole rings is 1. The Morgan fingerprint density at radius 3 is 2.88 bits per heavy atom. The molecule has 2 aromatic heterocycles. The molecule has 7 heteroatoms. The van der Waals surface area contributed by atoms with Gasteiger partial charge in [0.15, 0.2) is 5.13 Å². The summed E-state index contributed by atoms with van der Waals surface area (Å²) in [6.07, 6.45) is 6.90. The molecule has 0 fully saturated rings. The second kappa shape index (κ2) is 8.43. The number of rotatable bonds is 6. The van der Waals surface area contributed by atoms with E-state index in [9.17, 15) is 4.79 Å². The Morgan fingerprint density at radius 1 is 1.20 bits per heavy atom. The molecular formula is C18H15Cl2N3OS. The van der Waals surface area contributed by atoms with E-state index in [0.717, 1.165) is 16.0 Å². The maximum absolute atomic E-state index is 12.0. The van der Waals surface area contributed by atoms with Crippen molar-refractivity contribution in [2.45, 2.75) is 19.3 Å². The van der Waals surface area contributed by atoms with Gasteiger partial charge in [-0.2, -0.15) is 0 Å². The number of hydrogen-bond donors (Lipinski definition) is 1. The molecule has 1 N–H and O–H groups in total. The van der Waals surface area contributed by atoms with Crippen molar-refractivity contribution in [2.24, 2.45) is 0 Å². The first kappa shape index (κ1) is 17.9. The van der Waals surface area contributed by atoms with E-state index in [2.05, 4.69) is 15.3 Å². The molecule has 0 aliphatic rings. The molecule has 0 bridgehead atoms. The Bertz CT molecular complexity index is 868. The van der Waals surface area contributed by atoms with Crippen LogP contribution in [-0.4, -0.2) is 15.9 Å². The van der Waals surface area contributed by atoms with Gasteiger partial charge in [-0.15, -0.1) is 11.3 Å². The van der Waals surface area contributed by atoms with Crippen LogP contribution >= 0.6 is 34.5 Å². The van der Waals surface area contributed by atoms with E-state index >= 15 is 0 Å². The van der Waals surface area contributed by atoms with Crippen LogP contribution in [0.2, 0.25) is 10.0 Å². The first-order chi connectivity index (χ1) is 12.1. The van der Waals surface area contributed by atoms with Gasteiger partial charge < -0.3 is 5.32 Å². The summed E-state index contributed by atoms with van der Waals surface area (Å²) in [5.74, 6) is -0.0643. The molecule has 25 heavy (non-hydrogen) atoms. The molecule has 0 unspecified atom stereocenters. The molecule has 4 nitrogen and oxygen atoms in total. The highest BCUT2D eigenvalue weighted by atomic mass is 35.5. The van der Waals surface area contributed by atoms with E-state index in [-0.39, 0.29) is 5.91 Å². The van der Waals surface area contributed by atoms with Gasteiger partial charge in [0.25, 0.3) is 0 Å². The SMILES string of the molecule is O=C(CCc1cccnc1)Nc1ncc(Cc2cc(Cl)ccc2Cl)s1. The van der Waals surface area contributed by atoms with Gasteiger partial charge in [-0.1, -0.05) is 29.3 Å². The summed E-state index contributed by atoms with van der Waals surface area (Å²) < 4.78 is 0. The average molecular weight is 392 g/mol. The lowest BCUT2D eigenvalue weighted by Crippen LogP contribution is -2.12. The summed E-state index contributed by atoms with van der Waals surface area (Å²) in [5, 5.41) is 4.73. The minimum atomic E-state index is -0.0643. The molecule has 0 spiro atoms. The number of aryl methyl sites for hydroxylation is 1. The van der Waals surface area contributed by atoms with E-state index < -0.39 is 0 Å². The van der Waals surface area contributed by atoms with E-state index in [1.54, 1.807) is 30.7 Å². The first-order valence-electron chi connectivity index (χ1n) is 7.67. The zero-order valence-corrected chi connectivity index (χ0v) is 15.5. The number of benzene rings is 1. The fourth-order valence-electron chi connectivity index (χ4n) is 2.30. The largest absolute Gasteiger partial charge is 0.302 e. The van der Waals surface area contributed by atoms with E-state index in [4.69, 9.17) is 23.2 Å².